The summed E-state index contributed by atoms with van der Waals surface area (Å²) in [5.41, 5.74) is 7.55. The van der Waals surface area contributed by atoms with Crippen LogP contribution in [0.2, 0.25) is 5.02 Å². The Hall–Kier alpha value is -2.07. The maximum absolute atomic E-state index is 13.7. The Bertz CT molecular complexity index is 658. The molecule has 0 heterocycles. The summed E-state index contributed by atoms with van der Waals surface area (Å²) in [7, 11) is 0. The van der Waals surface area contributed by atoms with E-state index < -0.39 is 5.91 Å². The summed E-state index contributed by atoms with van der Waals surface area (Å²) in [5.74, 6) is -0.965. The molecule has 0 aliphatic carbocycles. The van der Waals surface area contributed by atoms with Gasteiger partial charge in [-0.05, 0) is 42.8 Å². The number of anilines is 1. The van der Waals surface area contributed by atoms with Crippen molar-refractivity contribution in [3.8, 4) is 0 Å². The molecule has 5 heteroatoms. The van der Waals surface area contributed by atoms with Gasteiger partial charge in [0.25, 0.3) is 0 Å². The first-order valence-electron chi connectivity index (χ1n) is 6.06. The van der Waals surface area contributed by atoms with Crippen molar-refractivity contribution >= 4 is 23.2 Å². The molecule has 0 spiro atoms. The SMILES string of the molecule is Cc1c(Cl)cccc1NCc1cc(C(N)=O)ccc1F. The molecule has 0 unspecified atom stereocenters. The number of hydrogen-bond donors (Lipinski definition) is 2. The molecular weight excluding hydrogens is 279 g/mol. The van der Waals surface area contributed by atoms with Gasteiger partial charge in [0.15, 0.2) is 0 Å². The van der Waals surface area contributed by atoms with E-state index in [1.165, 1.54) is 18.2 Å². The number of amides is 1. The molecule has 3 nitrogen and oxygen atoms in total. The second-order valence-electron chi connectivity index (χ2n) is 4.44. The maximum atomic E-state index is 13.7. The normalized spacial score (nSPS) is 10.3. The van der Waals surface area contributed by atoms with Crippen LogP contribution >= 0.6 is 11.6 Å². The number of nitrogens with one attached hydrogen (secondary N) is 1. The number of rotatable bonds is 4. The van der Waals surface area contributed by atoms with Crippen molar-refractivity contribution in [1.82, 2.24) is 0 Å². The zero-order valence-electron chi connectivity index (χ0n) is 10.9. The quantitative estimate of drug-likeness (QED) is 0.906. The van der Waals surface area contributed by atoms with Gasteiger partial charge in [-0.1, -0.05) is 17.7 Å². The Morgan fingerprint density at radius 3 is 2.80 bits per heavy atom. The van der Waals surface area contributed by atoms with Crippen LogP contribution in [0.15, 0.2) is 36.4 Å². The van der Waals surface area contributed by atoms with Crippen molar-refractivity contribution in [1.29, 1.82) is 0 Å². The molecule has 0 bridgehead atoms. The van der Waals surface area contributed by atoms with Gasteiger partial charge in [0, 0.05) is 28.4 Å². The van der Waals surface area contributed by atoms with E-state index >= 15 is 0 Å². The lowest BCUT2D eigenvalue weighted by atomic mass is 10.1. The zero-order chi connectivity index (χ0) is 14.7. The van der Waals surface area contributed by atoms with Crippen LogP contribution in [0.5, 0.6) is 0 Å². The van der Waals surface area contributed by atoms with E-state index in [1.54, 1.807) is 6.07 Å². The Labute approximate surface area is 121 Å². The fourth-order valence-electron chi connectivity index (χ4n) is 1.85. The van der Waals surface area contributed by atoms with Gasteiger partial charge in [0.05, 0.1) is 0 Å². The molecule has 2 rings (SSSR count). The van der Waals surface area contributed by atoms with Gasteiger partial charge >= 0.3 is 0 Å². The summed E-state index contributed by atoms with van der Waals surface area (Å²) in [6.45, 7) is 2.12. The highest BCUT2D eigenvalue weighted by Crippen LogP contribution is 2.23. The van der Waals surface area contributed by atoms with E-state index in [1.807, 2.05) is 19.1 Å². The molecule has 0 aliphatic rings. The van der Waals surface area contributed by atoms with Crippen LogP contribution in [-0.2, 0) is 6.54 Å². The van der Waals surface area contributed by atoms with Crippen LogP contribution < -0.4 is 11.1 Å². The lowest BCUT2D eigenvalue weighted by molar-refractivity contribution is 0.1000. The Balaban J connectivity index is 2.20. The molecule has 2 aromatic rings. The maximum Gasteiger partial charge on any atom is 0.248 e. The van der Waals surface area contributed by atoms with Crippen LogP contribution in [0.1, 0.15) is 21.5 Å². The van der Waals surface area contributed by atoms with E-state index in [9.17, 15) is 9.18 Å². The van der Waals surface area contributed by atoms with Crippen molar-refractivity contribution in [3.05, 3.63) is 63.9 Å². The standard InChI is InChI=1S/C15H14ClFN2O/c1-9-12(16)3-2-4-14(9)19-8-11-7-10(15(18)20)5-6-13(11)17/h2-7,19H,8H2,1H3,(H2,18,20). The van der Waals surface area contributed by atoms with E-state index in [-0.39, 0.29) is 17.9 Å². The van der Waals surface area contributed by atoms with Crippen molar-refractivity contribution < 1.29 is 9.18 Å². The van der Waals surface area contributed by atoms with Crippen molar-refractivity contribution in [2.45, 2.75) is 13.5 Å². The smallest absolute Gasteiger partial charge is 0.248 e. The molecule has 20 heavy (non-hydrogen) atoms. The van der Waals surface area contributed by atoms with Gasteiger partial charge in [-0.25, -0.2) is 4.39 Å². The number of benzene rings is 2. The predicted molar refractivity (Wildman–Crippen MR) is 78.4 cm³/mol. The first-order chi connectivity index (χ1) is 9.49. The fourth-order valence-corrected chi connectivity index (χ4v) is 2.03. The molecule has 1 amide bonds. The monoisotopic (exact) mass is 292 g/mol. The van der Waals surface area contributed by atoms with Crippen LogP contribution in [0.4, 0.5) is 10.1 Å². The van der Waals surface area contributed by atoms with Gasteiger partial charge in [-0.3, -0.25) is 4.79 Å². The summed E-state index contributed by atoms with van der Waals surface area (Å²) < 4.78 is 13.7. The van der Waals surface area contributed by atoms with E-state index in [2.05, 4.69) is 5.32 Å². The molecule has 0 aromatic heterocycles. The number of hydrogen-bond acceptors (Lipinski definition) is 2. The van der Waals surface area contributed by atoms with Crippen molar-refractivity contribution in [2.24, 2.45) is 5.73 Å². The third-order valence-electron chi connectivity index (χ3n) is 3.07. The highest BCUT2D eigenvalue weighted by atomic mass is 35.5. The van der Waals surface area contributed by atoms with E-state index in [0.717, 1.165) is 11.3 Å². The molecule has 104 valence electrons. The van der Waals surface area contributed by atoms with Gasteiger partial charge < -0.3 is 11.1 Å². The number of carbonyl (C=O) groups is 1. The summed E-state index contributed by atoms with van der Waals surface area (Å²) in [5, 5.41) is 3.74. The van der Waals surface area contributed by atoms with Crippen LogP contribution in [0.3, 0.4) is 0 Å². The molecular formula is C15H14ClFN2O. The molecule has 0 fully saturated rings. The van der Waals surface area contributed by atoms with Crippen LogP contribution in [0.25, 0.3) is 0 Å². The minimum Gasteiger partial charge on any atom is -0.381 e. The second-order valence-corrected chi connectivity index (χ2v) is 4.84. The average molecular weight is 293 g/mol. The molecule has 0 saturated carbocycles. The van der Waals surface area contributed by atoms with Gasteiger partial charge in [-0.15, -0.1) is 0 Å². The number of primary amides is 1. The van der Waals surface area contributed by atoms with Gasteiger partial charge in [-0.2, -0.15) is 0 Å². The highest BCUT2D eigenvalue weighted by Gasteiger charge is 2.08. The first-order valence-corrected chi connectivity index (χ1v) is 6.44. The van der Waals surface area contributed by atoms with Crippen molar-refractivity contribution in [3.63, 3.8) is 0 Å². The lowest BCUT2D eigenvalue weighted by Gasteiger charge is -2.11. The number of nitrogens with two attached hydrogens (primary N) is 1. The number of halogens is 2. The number of carbonyl (C=O) groups excluding carboxylic acids is 1. The van der Waals surface area contributed by atoms with Gasteiger partial charge in [0.1, 0.15) is 5.82 Å². The molecule has 0 radical (unpaired) electrons. The second kappa shape index (κ2) is 5.92. The minimum atomic E-state index is -0.579. The molecule has 3 N–H and O–H groups in total. The fraction of sp³-hybridized carbons (Fsp3) is 0.133. The molecule has 0 atom stereocenters. The van der Waals surface area contributed by atoms with E-state index in [4.69, 9.17) is 17.3 Å². The topological polar surface area (TPSA) is 55.1 Å². The largest absolute Gasteiger partial charge is 0.381 e. The average Bonchev–Trinajstić information content (AvgIpc) is 2.41. The Morgan fingerprint density at radius 1 is 1.35 bits per heavy atom. The van der Waals surface area contributed by atoms with Crippen LogP contribution in [0, 0.1) is 12.7 Å². The third kappa shape index (κ3) is 3.08. The summed E-state index contributed by atoms with van der Waals surface area (Å²) >= 11 is 6.02. The Kier molecular flexibility index (Phi) is 4.25. The molecule has 2 aromatic carbocycles. The van der Waals surface area contributed by atoms with Crippen molar-refractivity contribution in [2.75, 3.05) is 5.32 Å². The van der Waals surface area contributed by atoms with Crippen LogP contribution in [-0.4, -0.2) is 5.91 Å². The first kappa shape index (κ1) is 14.3. The molecule has 0 aliphatic heterocycles. The third-order valence-corrected chi connectivity index (χ3v) is 3.48. The lowest BCUT2D eigenvalue weighted by Crippen LogP contribution is -2.12. The summed E-state index contributed by atoms with van der Waals surface area (Å²) in [6.07, 6.45) is 0. The summed E-state index contributed by atoms with van der Waals surface area (Å²) in [6, 6.07) is 9.51. The minimum absolute atomic E-state index is 0.244. The highest BCUT2D eigenvalue weighted by molar-refractivity contribution is 6.31. The molecule has 0 saturated heterocycles. The predicted octanol–water partition coefficient (Wildman–Crippen LogP) is 3.50. The Morgan fingerprint density at radius 2 is 2.10 bits per heavy atom. The van der Waals surface area contributed by atoms with E-state index in [0.29, 0.717) is 10.6 Å². The van der Waals surface area contributed by atoms with Gasteiger partial charge in [0.2, 0.25) is 5.91 Å². The summed E-state index contributed by atoms with van der Waals surface area (Å²) in [4.78, 5) is 11.1. The zero-order valence-corrected chi connectivity index (χ0v) is 11.7.